The first-order chi connectivity index (χ1) is 8.91. The van der Waals surface area contributed by atoms with Gasteiger partial charge >= 0.3 is 6.18 Å². The minimum atomic E-state index is -4.64. The van der Waals surface area contributed by atoms with Gasteiger partial charge < -0.3 is 5.73 Å². The van der Waals surface area contributed by atoms with E-state index in [0.717, 1.165) is 12.1 Å². The van der Waals surface area contributed by atoms with Gasteiger partial charge in [0, 0.05) is 23.6 Å². The van der Waals surface area contributed by atoms with Crippen LogP contribution in [0.1, 0.15) is 21.5 Å². The second-order valence-corrected chi connectivity index (χ2v) is 3.84. The van der Waals surface area contributed by atoms with Crippen LogP contribution >= 0.6 is 0 Å². The van der Waals surface area contributed by atoms with E-state index in [-0.39, 0.29) is 11.3 Å². The van der Waals surface area contributed by atoms with Gasteiger partial charge in [-0.1, -0.05) is 6.07 Å². The lowest BCUT2D eigenvalue weighted by Gasteiger charge is -2.13. The molecular formula is C13H9F3N2O. The second kappa shape index (κ2) is 4.72. The third-order valence-corrected chi connectivity index (χ3v) is 2.55. The molecule has 2 rings (SSSR count). The summed E-state index contributed by atoms with van der Waals surface area (Å²) in [6.45, 7) is 0. The molecule has 0 saturated heterocycles. The Balaban J connectivity index is 2.60. The predicted molar refractivity (Wildman–Crippen MR) is 63.5 cm³/mol. The molecule has 6 heteroatoms. The third kappa shape index (κ3) is 2.57. The maximum Gasteiger partial charge on any atom is 0.417 e. The van der Waals surface area contributed by atoms with E-state index >= 15 is 0 Å². The summed E-state index contributed by atoms with van der Waals surface area (Å²) in [6.07, 6.45) is -2.01. The number of carbonyl (C=O) groups is 1. The van der Waals surface area contributed by atoms with Gasteiger partial charge in [0.15, 0.2) is 5.78 Å². The van der Waals surface area contributed by atoms with Crippen molar-refractivity contribution in [3.63, 3.8) is 0 Å². The number of halogens is 3. The Labute approximate surface area is 106 Å². The maximum absolute atomic E-state index is 12.9. The first-order valence-corrected chi connectivity index (χ1v) is 5.31. The van der Waals surface area contributed by atoms with Crippen molar-refractivity contribution in [3.8, 4) is 0 Å². The molecule has 3 nitrogen and oxygen atoms in total. The van der Waals surface area contributed by atoms with Crippen molar-refractivity contribution >= 4 is 11.5 Å². The molecule has 0 spiro atoms. The summed E-state index contributed by atoms with van der Waals surface area (Å²) >= 11 is 0. The van der Waals surface area contributed by atoms with Gasteiger partial charge in [0.25, 0.3) is 0 Å². The fraction of sp³-hybridized carbons (Fsp3) is 0.0769. The molecular weight excluding hydrogens is 257 g/mol. The van der Waals surface area contributed by atoms with Crippen molar-refractivity contribution in [2.24, 2.45) is 0 Å². The number of nitrogens with two attached hydrogens (primary N) is 1. The van der Waals surface area contributed by atoms with E-state index in [9.17, 15) is 18.0 Å². The fourth-order valence-corrected chi connectivity index (χ4v) is 1.70. The monoisotopic (exact) mass is 266 g/mol. The van der Waals surface area contributed by atoms with Gasteiger partial charge in [0.1, 0.15) is 0 Å². The van der Waals surface area contributed by atoms with Gasteiger partial charge in [0.05, 0.1) is 11.1 Å². The van der Waals surface area contributed by atoms with E-state index in [4.69, 9.17) is 5.73 Å². The summed E-state index contributed by atoms with van der Waals surface area (Å²) < 4.78 is 38.6. The number of rotatable bonds is 2. The number of carbonyl (C=O) groups excluding carboxylic acids is 1. The van der Waals surface area contributed by atoms with Gasteiger partial charge in [-0.3, -0.25) is 9.78 Å². The quantitative estimate of drug-likeness (QED) is 0.671. The van der Waals surface area contributed by atoms with Crippen LogP contribution in [-0.4, -0.2) is 10.8 Å². The molecule has 98 valence electrons. The molecule has 2 aromatic rings. The highest BCUT2D eigenvalue weighted by Crippen LogP contribution is 2.35. The van der Waals surface area contributed by atoms with Crippen molar-refractivity contribution in [1.29, 1.82) is 0 Å². The SMILES string of the molecule is Nc1cccc(C(F)(F)F)c1C(=O)c1cccnc1. The van der Waals surface area contributed by atoms with Gasteiger partial charge in [0.2, 0.25) is 0 Å². The number of hydrogen-bond donors (Lipinski definition) is 1. The van der Waals surface area contributed by atoms with Crippen LogP contribution in [0.5, 0.6) is 0 Å². The average Bonchev–Trinajstić information content (AvgIpc) is 2.37. The Morgan fingerprint density at radius 2 is 1.89 bits per heavy atom. The number of aromatic nitrogens is 1. The zero-order chi connectivity index (χ0) is 14.0. The normalized spacial score (nSPS) is 11.3. The molecule has 0 aliphatic carbocycles. The van der Waals surface area contributed by atoms with E-state index in [2.05, 4.69) is 4.98 Å². The van der Waals surface area contributed by atoms with Crippen LogP contribution in [-0.2, 0) is 6.18 Å². The highest BCUT2D eigenvalue weighted by atomic mass is 19.4. The zero-order valence-electron chi connectivity index (χ0n) is 9.61. The molecule has 2 N–H and O–H groups in total. The number of ketones is 1. The number of pyridine rings is 1. The first kappa shape index (κ1) is 13.1. The Hall–Kier alpha value is -2.37. The lowest BCUT2D eigenvalue weighted by molar-refractivity contribution is -0.137. The number of hydrogen-bond acceptors (Lipinski definition) is 3. The summed E-state index contributed by atoms with van der Waals surface area (Å²) in [4.78, 5) is 15.8. The summed E-state index contributed by atoms with van der Waals surface area (Å²) in [5.41, 5.74) is 3.79. The Bertz CT molecular complexity index is 609. The summed E-state index contributed by atoms with van der Waals surface area (Å²) in [7, 11) is 0. The van der Waals surface area contributed by atoms with Crippen LogP contribution in [0.15, 0.2) is 42.7 Å². The van der Waals surface area contributed by atoms with Crippen molar-refractivity contribution in [2.45, 2.75) is 6.18 Å². The smallest absolute Gasteiger partial charge is 0.398 e. The fourth-order valence-electron chi connectivity index (χ4n) is 1.70. The Kier molecular flexibility index (Phi) is 3.25. The molecule has 0 unspecified atom stereocenters. The number of benzene rings is 1. The van der Waals surface area contributed by atoms with Crippen LogP contribution in [0.25, 0.3) is 0 Å². The van der Waals surface area contributed by atoms with Gasteiger partial charge in [-0.05, 0) is 24.3 Å². The second-order valence-electron chi connectivity index (χ2n) is 3.84. The minimum Gasteiger partial charge on any atom is -0.398 e. The van der Waals surface area contributed by atoms with Gasteiger partial charge in [-0.15, -0.1) is 0 Å². The molecule has 1 aromatic heterocycles. The van der Waals surface area contributed by atoms with Gasteiger partial charge in [-0.2, -0.15) is 13.2 Å². The average molecular weight is 266 g/mol. The van der Waals surface area contributed by atoms with E-state index in [0.29, 0.717) is 0 Å². The standard InChI is InChI=1S/C13H9F3N2O/c14-13(15,16)9-4-1-5-10(17)11(9)12(19)8-3-2-6-18-7-8/h1-7H,17H2. The topological polar surface area (TPSA) is 56.0 Å². The predicted octanol–water partition coefficient (Wildman–Crippen LogP) is 2.91. The molecule has 1 aromatic carbocycles. The number of nitrogens with zero attached hydrogens (tertiary/aromatic N) is 1. The first-order valence-electron chi connectivity index (χ1n) is 5.31. The van der Waals surface area contributed by atoms with E-state index in [1.165, 1.54) is 30.6 Å². The van der Waals surface area contributed by atoms with Crippen LogP contribution in [0, 0.1) is 0 Å². The minimum absolute atomic E-state index is 0.0610. The molecule has 0 atom stereocenters. The Morgan fingerprint density at radius 3 is 2.47 bits per heavy atom. The molecule has 0 radical (unpaired) electrons. The van der Waals surface area contributed by atoms with Crippen LogP contribution in [0.2, 0.25) is 0 Å². The molecule has 0 saturated carbocycles. The van der Waals surface area contributed by atoms with Crippen molar-refractivity contribution < 1.29 is 18.0 Å². The van der Waals surface area contributed by atoms with Gasteiger partial charge in [-0.25, -0.2) is 0 Å². The highest BCUT2D eigenvalue weighted by Gasteiger charge is 2.36. The lowest BCUT2D eigenvalue weighted by Crippen LogP contribution is -2.16. The molecule has 1 heterocycles. The summed E-state index contributed by atoms with van der Waals surface area (Å²) in [5, 5.41) is 0. The van der Waals surface area contributed by atoms with Crippen molar-refractivity contribution in [3.05, 3.63) is 59.4 Å². The molecule has 0 aliphatic rings. The van der Waals surface area contributed by atoms with Crippen LogP contribution in [0.3, 0.4) is 0 Å². The molecule has 0 fully saturated rings. The molecule has 0 bridgehead atoms. The lowest BCUT2D eigenvalue weighted by atomic mass is 9.97. The molecule has 0 amide bonds. The molecule has 19 heavy (non-hydrogen) atoms. The van der Waals surface area contributed by atoms with Crippen LogP contribution < -0.4 is 5.73 Å². The van der Waals surface area contributed by atoms with Crippen LogP contribution in [0.4, 0.5) is 18.9 Å². The Morgan fingerprint density at radius 1 is 1.16 bits per heavy atom. The zero-order valence-corrected chi connectivity index (χ0v) is 9.61. The van der Waals surface area contributed by atoms with Crippen molar-refractivity contribution in [1.82, 2.24) is 4.98 Å². The highest BCUT2D eigenvalue weighted by molar-refractivity contribution is 6.13. The summed E-state index contributed by atoms with van der Waals surface area (Å²) in [5.74, 6) is -0.793. The number of alkyl halides is 3. The maximum atomic E-state index is 12.9. The number of anilines is 1. The van der Waals surface area contributed by atoms with E-state index in [1.54, 1.807) is 0 Å². The van der Waals surface area contributed by atoms with Crippen molar-refractivity contribution in [2.75, 3.05) is 5.73 Å². The third-order valence-electron chi connectivity index (χ3n) is 2.55. The van der Waals surface area contributed by atoms with E-state index in [1.807, 2.05) is 0 Å². The van der Waals surface area contributed by atoms with E-state index < -0.39 is 23.1 Å². The number of nitrogen functional groups attached to an aromatic ring is 1. The summed E-state index contributed by atoms with van der Waals surface area (Å²) in [6, 6.07) is 6.12. The molecule has 0 aliphatic heterocycles. The largest absolute Gasteiger partial charge is 0.417 e.